The van der Waals surface area contributed by atoms with E-state index in [1.165, 1.54) is 48.9 Å². The summed E-state index contributed by atoms with van der Waals surface area (Å²) >= 11 is 0. The van der Waals surface area contributed by atoms with E-state index in [0.29, 0.717) is 23.0 Å². The van der Waals surface area contributed by atoms with Gasteiger partial charge in [0.2, 0.25) is 0 Å². The van der Waals surface area contributed by atoms with Gasteiger partial charge in [-0.3, -0.25) is 9.59 Å². The number of carbonyl (C=O) groups excluding carboxylic acids is 4. The first-order chi connectivity index (χ1) is 27.3. The lowest BCUT2D eigenvalue weighted by atomic mass is 9.81. The number of ketones is 2. The van der Waals surface area contributed by atoms with Gasteiger partial charge in [-0.15, -0.1) is 0 Å². The van der Waals surface area contributed by atoms with E-state index in [-0.39, 0.29) is 45.3 Å². The van der Waals surface area contributed by atoms with E-state index in [1.54, 1.807) is 24.3 Å². The SMILES string of the molecule is CCCCCc1ccc(C(=O)Oc2ccc3c(c2)C(=O)c2ccc(OC(=O)c4ccc(CCCCC)cc4C4CCCCC4)cc2C3=O)c(C2CCCCC2)c1. The lowest BCUT2D eigenvalue weighted by molar-refractivity contribution is 0.0722. The van der Waals surface area contributed by atoms with Crippen LogP contribution in [0.2, 0.25) is 0 Å². The number of aryl methyl sites for hydroxylation is 2. The van der Waals surface area contributed by atoms with Crippen LogP contribution in [0.5, 0.6) is 11.5 Å². The maximum atomic E-state index is 13.9. The molecule has 0 heterocycles. The molecule has 0 aliphatic heterocycles. The zero-order chi connectivity index (χ0) is 39.0. The van der Waals surface area contributed by atoms with Crippen LogP contribution >= 0.6 is 0 Å². The zero-order valence-electron chi connectivity index (χ0n) is 33.3. The van der Waals surface area contributed by atoms with Crippen LogP contribution in [0.4, 0.5) is 0 Å². The Labute approximate surface area is 332 Å². The second kappa shape index (κ2) is 18.4. The van der Waals surface area contributed by atoms with Crippen molar-refractivity contribution in [3.8, 4) is 11.5 Å². The minimum absolute atomic E-state index is 0.187. The molecule has 292 valence electrons. The predicted molar refractivity (Wildman–Crippen MR) is 221 cm³/mol. The molecular formula is C50H56O6. The van der Waals surface area contributed by atoms with Gasteiger partial charge in [0.15, 0.2) is 11.6 Å². The van der Waals surface area contributed by atoms with Gasteiger partial charge >= 0.3 is 11.9 Å². The zero-order valence-corrected chi connectivity index (χ0v) is 33.3. The molecule has 0 N–H and O–H groups in total. The topological polar surface area (TPSA) is 86.7 Å². The van der Waals surface area contributed by atoms with Crippen LogP contribution in [0.3, 0.4) is 0 Å². The van der Waals surface area contributed by atoms with Crippen molar-refractivity contribution < 1.29 is 28.7 Å². The van der Waals surface area contributed by atoms with Gasteiger partial charge in [0.1, 0.15) is 11.5 Å². The van der Waals surface area contributed by atoms with E-state index in [0.717, 1.165) is 101 Å². The number of esters is 2. The van der Waals surface area contributed by atoms with Crippen molar-refractivity contribution in [2.24, 2.45) is 0 Å². The first-order valence-corrected chi connectivity index (χ1v) is 21.4. The molecule has 0 bridgehead atoms. The number of carbonyl (C=O) groups is 4. The van der Waals surface area contributed by atoms with Gasteiger partial charge in [0, 0.05) is 22.3 Å². The average molecular weight is 753 g/mol. The van der Waals surface area contributed by atoms with Crippen LogP contribution in [0.15, 0.2) is 72.8 Å². The van der Waals surface area contributed by atoms with Crippen molar-refractivity contribution in [3.05, 3.63) is 128 Å². The van der Waals surface area contributed by atoms with Gasteiger partial charge in [-0.25, -0.2) is 9.59 Å². The molecule has 6 nitrogen and oxygen atoms in total. The van der Waals surface area contributed by atoms with Crippen LogP contribution in [0.25, 0.3) is 0 Å². The van der Waals surface area contributed by atoms with Crippen molar-refractivity contribution in [1.82, 2.24) is 0 Å². The largest absolute Gasteiger partial charge is 0.423 e. The molecule has 6 heteroatoms. The lowest BCUT2D eigenvalue weighted by Crippen LogP contribution is -2.22. The molecule has 3 aliphatic rings. The molecule has 2 saturated carbocycles. The van der Waals surface area contributed by atoms with Crippen LogP contribution in [0, 0.1) is 0 Å². The number of unbranched alkanes of at least 4 members (excludes halogenated alkanes) is 4. The fraction of sp³-hybridized carbons (Fsp3) is 0.440. The molecule has 2 fully saturated rings. The summed E-state index contributed by atoms with van der Waals surface area (Å²) < 4.78 is 11.9. The number of benzene rings is 4. The van der Waals surface area contributed by atoms with Crippen molar-refractivity contribution in [1.29, 1.82) is 0 Å². The van der Waals surface area contributed by atoms with Gasteiger partial charge in [-0.05, 0) is 134 Å². The van der Waals surface area contributed by atoms with Gasteiger partial charge in [0.05, 0.1) is 11.1 Å². The molecule has 0 amide bonds. The number of fused-ring (bicyclic) bond motifs is 2. The summed E-state index contributed by atoms with van der Waals surface area (Å²) in [7, 11) is 0. The normalized spacial score (nSPS) is 16.0. The van der Waals surface area contributed by atoms with Crippen molar-refractivity contribution in [3.63, 3.8) is 0 Å². The Morgan fingerprint density at radius 2 is 0.911 bits per heavy atom. The van der Waals surface area contributed by atoms with E-state index in [4.69, 9.17) is 9.47 Å². The number of ether oxygens (including phenoxy) is 2. The summed E-state index contributed by atoms with van der Waals surface area (Å²) in [6.07, 6.45) is 20.2. The second-order valence-corrected chi connectivity index (χ2v) is 16.3. The number of rotatable bonds is 14. The molecule has 4 aromatic rings. The van der Waals surface area contributed by atoms with Crippen LogP contribution in [-0.2, 0) is 12.8 Å². The van der Waals surface area contributed by atoms with Gasteiger partial charge in [0.25, 0.3) is 0 Å². The van der Waals surface area contributed by atoms with E-state index in [1.807, 2.05) is 24.3 Å². The molecule has 4 aromatic carbocycles. The quantitative estimate of drug-likeness (QED) is 0.0638. The van der Waals surface area contributed by atoms with E-state index >= 15 is 0 Å². The standard InChI is InChI=1S/C50H56O6/c1-3-5-9-15-33-21-25-41(43(29-33)35-17-11-7-12-18-35)49(53)55-37-23-27-39-45(31-37)47(51)40-28-24-38(32-46(40)48(39)52)56-50(54)42-26-22-34(16-10-6-4-2)30-44(42)36-19-13-8-14-20-36/h21-32,35-36H,3-20H2,1-2H3. The Morgan fingerprint density at radius 1 is 0.500 bits per heavy atom. The molecule has 0 saturated heterocycles. The molecule has 0 radical (unpaired) electrons. The Balaban J connectivity index is 1.08. The molecule has 0 aromatic heterocycles. The highest BCUT2D eigenvalue weighted by Gasteiger charge is 2.32. The summed E-state index contributed by atoms with van der Waals surface area (Å²) in [5, 5.41) is 0. The molecule has 0 unspecified atom stereocenters. The monoisotopic (exact) mass is 752 g/mol. The van der Waals surface area contributed by atoms with Crippen molar-refractivity contribution >= 4 is 23.5 Å². The predicted octanol–water partition coefficient (Wildman–Crippen LogP) is 12.5. The fourth-order valence-electron chi connectivity index (χ4n) is 9.13. The highest BCUT2D eigenvalue weighted by molar-refractivity contribution is 6.28. The summed E-state index contributed by atoms with van der Waals surface area (Å²) in [6.45, 7) is 4.40. The highest BCUT2D eigenvalue weighted by atomic mass is 16.5. The Bertz CT molecular complexity index is 1930. The minimum atomic E-state index is -0.454. The maximum Gasteiger partial charge on any atom is 0.343 e. The number of hydrogen-bond donors (Lipinski definition) is 0. The molecule has 0 atom stereocenters. The summed E-state index contributed by atoms with van der Waals surface area (Å²) in [4.78, 5) is 55.2. The second-order valence-electron chi connectivity index (χ2n) is 16.3. The van der Waals surface area contributed by atoms with E-state index in [9.17, 15) is 19.2 Å². The summed E-state index contributed by atoms with van der Waals surface area (Å²) in [5.74, 6) is -0.520. The van der Waals surface area contributed by atoms with Gasteiger partial charge in [-0.1, -0.05) is 102 Å². The molecule has 0 spiro atoms. The first kappa shape index (κ1) is 39.4. The summed E-state index contributed by atoms with van der Waals surface area (Å²) in [5.41, 5.74) is 6.58. The molecule has 3 aliphatic carbocycles. The molecule has 7 rings (SSSR count). The molecular weight excluding hydrogens is 697 g/mol. The fourth-order valence-corrected chi connectivity index (χ4v) is 9.13. The third kappa shape index (κ3) is 8.90. The van der Waals surface area contributed by atoms with E-state index in [2.05, 4.69) is 26.0 Å². The van der Waals surface area contributed by atoms with Gasteiger partial charge in [-0.2, -0.15) is 0 Å². The van der Waals surface area contributed by atoms with Crippen LogP contribution in [-0.4, -0.2) is 23.5 Å². The van der Waals surface area contributed by atoms with Gasteiger partial charge < -0.3 is 9.47 Å². The lowest BCUT2D eigenvalue weighted by Gasteiger charge is -2.25. The average Bonchev–Trinajstić information content (AvgIpc) is 3.23. The van der Waals surface area contributed by atoms with Crippen molar-refractivity contribution in [2.45, 2.75) is 141 Å². The Hall–Kier alpha value is -4.84. The Morgan fingerprint density at radius 3 is 1.30 bits per heavy atom. The maximum absolute atomic E-state index is 13.9. The van der Waals surface area contributed by atoms with Crippen LogP contribution < -0.4 is 9.47 Å². The van der Waals surface area contributed by atoms with E-state index < -0.39 is 11.9 Å². The third-order valence-corrected chi connectivity index (χ3v) is 12.3. The summed E-state index contributed by atoms with van der Waals surface area (Å²) in [6, 6.07) is 21.6. The Kier molecular flexibility index (Phi) is 12.9. The third-order valence-electron chi connectivity index (χ3n) is 12.3. The smallest absolute Gasteiger partial charge is 0.343 e. The molecule has 56 heavy (non-hydrogen) atoms. The van der Waals surface area contributed by atoms with Crippen molar-refractivity contribution in [2.75, 3.05) is 0 Å². The minimum Gasteiger partial charge on any atom is -0.423 e. The van der Waals surface area contributed by atoms with Crippen LogP contribution in [0.1, 0.15) is 203 Å². The highest BCUT2D eigenvalue weighted by Crippen LogP contribution is 2.38. The number of hydrogen-bond acceptors (Lipinski definition) is 6. The first-order valence-electron chi connectivity index (χ1n) is 21.4.